The predicted molar refractivity (Wildman–Crippen MR) is 100 cm³/mol. The summed E-state index contributed by atoms with van der Waals surface area (Å²) in [6, 6.07) is 1.41. The summed E-state index contributed by atoms with van der Waals surface area (Å²) in [4.78, 5) is 18.0. The third-order valence-corrected chi connectivity index (χ3v) is 5.36. The van der Waals surface area contributed by atoms with Crippen LogP contribution in [0.5, 0.6) is 0 Å². The monoisotopic (exact) mass is 378 g/mol. The largest absolute Gasteiger partial charge is 0.499 e. The van der Waals surface area contributed by atoms with Crippen molar-refractivity contribution >= 4 is 18.7 Å². The molecule has 6 nitrogen and oxygen atoms in total. The van der Waals surface area contributed by atoms with Crippen LogP contribution in [0.1, 0.15) is 60.1 Å². The van der Waals surface area contributed by atoms with Gasteiger partial charge in [0.15, 0.2) is 0 Å². The lowest BCUT2D eigenvalue weighted by Gasteiger charge is -2.39. The lowest BCUT2D eigenvalue weighted by atomic mass is 9.79. The maximum Gasteiger partial charge on any atom is 0.499 e. The number of pyridine rings is 1. The molecule has 0 saturated carbocycles. The Morgan fingerprint density at radius 1 is 1.26 bits per heavy atom. The fourth-order valence-electron chi connectivity index (χ4n) is 2.96. The zero-order chi connectivity index (χ0) is 20.2. The fraction of sp³-hybridized carbons (Fsp3) is 0.684. The minimum Gasteiger partial charge on any atom is -0.444 e. The van der Waals surface area contributed by atoms with Crippen LogP contribution in [0.25, 0.3) is 0 Å². The normalized spacial score (nSPS) is 21.9. The molecule has 1 aromatic heterocycles. The van der Waals surface area contributed by atoms with E-state index in [9.17, 15) is 9.18 Å². The molecule has 0 atom stereocenters. The highest BCUT2D eigenvalue weighted by Gasteiger charge is 2.52. The molecule has 1 aromatic rings. The summed E-state index contributed by atoms with van der Waals surface area (Å²) < 4.78 is 31.8. The van der Waals surface area contributed by atoms with E-state index in [1.54, 1.807) is 4.90 Å². The Balaban J connectivity index is 1.65. The van der Waals surface area contributed by atoms with Gasteiger partial charge in [0.1, 0.15) is 11.4 Å². The van der Waals surface area contributed by atoms with Gasteiger partial charge in [0.2, 0.25) is 0 Å². The van der Waals surface area contributed by atoms with Gasteiger partial charge >= 0.3 is 13.2 Å². The average Bonchev–Trinajstić information content (AvgIpc) is 2.63. The fourth-order valence-corrected chi connectivity index (χ4v) is 2.96. The number of halogens is 1. The Kier molecular flexibility index (Phi) is 4.79. The van der Waals surface area contributed by atoms with Crippen molar-refractivity contribution < 1.29 is 23.2 Å². The van der Waals surface area contributed by atoms with E-state index in [0.717, 1.165) is 0 Å². The first-order chi connectivity index (χ1) is 12.3. The van der Waals surface area contributed by atoms with E-state index >= 15 is 0 Å². The molecule has 0 N–H and O–H groups in total. The minimum atomic E-state index is -0.781. The van der Waals surface area contributed by atoms with Crippen molar-refractivity contribution in [3.05, 3.63) is 23.8 Å². The molecule has 2 saturated heterocycles. The summed E-state index contributed by atoms with van der Waals surface area (Å²) in [5.41, 5.74) is -0.694. The minimum absolute atomic E-state index is 0.000588. The highest BCUT2D eigenvalue weighted by Crippen LogP contribution is 2.36. The van der Waals surface area contributed by atoms with E-state index in [1.807, 2.05) is 48.5 Å². The number of hydrogen-bond acceptors (Lipinski definition) is 5. The smallest absolute Gasteiger partial charge is 0.444 e. The lowest BCUT2D eigenvalue weighted by Crippen LogP contribution is -2.50. The number of nitrogens with zero attached hydrogens (tertiary/aromatic N) is 2. The molecule has 0 aliphatic carbocycles. The number of carbonyl (C=O) groups excluding carboxylic acids is 1. The Hall–Kier alpha value is -1.67. The SMILES string of the molecule is CC(C)(C)OC(=O)N1CC(c2cc(F)c(B3OC(C)(C)C(C)(C)O3)cn2)C1. The van der Waals surface area contributed by atoms with Crippen molar-refractivity contribution in [1.29, 1.82) is 0 Å². The highest BCUT2D eigenvalue weighted by molar-refractivity contribution is 6.62. The molecule has 2 aliphatic heterocycles. The molecule has 0 aromatic carbocycles. The zero-order valence-electron chi connectivity index (χ0n) is 17.1. The van der Waals surface area contributed by atoms with Gasteiger partial charge in [-0.2, -0.15) is 0 Å². The van der Waals surface area contributed by atoms with Crippen LogP contribution in [0.4, 0.5) is 9.18 Å². The van der Waals surface area contributed by atoms with E-state index in [0.29, 0.717) is 24.2 Å². The van der Waals surface area contributed by atoms with Gasteiger partial charge in [-0.25, -0.2) is 9.18 Å². The molecule has 27 heavy (non-hydrogen) atoms. The standard InChI is InChI=1S/C19H28BFN2O4/c1-17(2,3)25-16(24)23-10-12(11-23)15-8-14(21)13(9-22-15)20-26-18(4,5)19(6,7)27-20/h8-9,12H,10-11H2,1-7H3. The van der Waals surface area contributed by atoms with Crippen molar-refractivity contribution in [2.45, 2.75) is 71.2 Å². The second kappa shape index (κ2) is 6.45. The second-order valence-electron chi connectivity index (χ2n) is 9.30. The maximum absolute atomic E-state index is 14.7. The van der Waals surface area contributed by atoms with Crippen LogP contribution >= 0.6 is 0 Å². The third kappa shape index (κ3) is 3.96. The molecule has 3 rings (SSSR count). The zero-order valence-corrected chi connectivity index (χ0v) is 17.1. The van der Waals surface area contributed by atoms with E-state index in [2.05, 4.69) is 4.98 Å². The Morgan fingerprint density at radius 2 is 1.81 bits per heavy atom. The molecule has 2 aliphatic rings. The maximum atomic E-state index is 14.7. The second-order valence-corrected chi connectivity index (χ2v) is 9.30. The topological polar surface area (TPSA) is 60.9 Å². The van der Waals surface area contributed by atoms with Crippen molar-refractivity contribution in [2.24, 2.45) is 0 Å². The molecule has 0 radical (unpaired) electrons. The number of rotatable bonds is 2. The van der Waals surface area contributed by atoms with Gasteiger partial charge in [-0.3, -0.25) is 4.98 Å². The molecule has 0 bridgehead atoms. The molecule has 148 valence electrons. The Bertz CT molecular complexity index is 726. The lowest BCUT2D eigenvalue weighted by molar-refractivity contribution is 0.00578. The van der Waals surface area contributed by atoms with Gasteiger partial charge in [0.05, 0.1) is 11.2 Å². The van der Waals surface area contributed by atoms with Crippen LogP contribution in [0.2, 0.25) is 0 Å². The summed E-state index contributed by atoms with van der Waals surface area (Å²) in [6.45, 7) is 14.1. The molecule has 2 fully saturated rings. The molecule has 0 spiro atoms. The third-order valence-electron chi connectivity index (χ3n) is 5.36. The molecular weight excluding hydrogens is 350 g/mol. The van der Waals surface area contributed by atoms with E-state index in [4.69, 9.17) is 14.0 Å². The number of amides is 1. The predicted octanol–water partition coefficient (Wildman–Crippen LogP) is 2.85. The first kappa shape index (κ1) is 20.1. The first-order valence-corrected chi connectivity index (χ1v) is 9.28. The summed E-state index contributed by atoms with van der Waals surface area (Å²) in [7, 11) is -0.781. The van der Waals surface area contributed by atoms with Gasteiger partial charge in [0, 0.05) is 36.4 Å². The Morgan fingerprint density at radius 3 is 2.30 bits per heavy atom. The molecule has 1 amide bonds. The summed E-state index contributed by atoms with van der Waals surface area (Å²) in [5.74, 6) is -0.409. The van der Waals surface area contributed by atoms with Crippen molar-refractivity contribution in [1.82, 2.24) is 9.88 Å². The van der Waals surface area contributed by atoms with Gasteiger partial charge in [-0.1, -0.05) is 0 Å². The van der Waals surface area contributed by atoms with E-state index < -0.39 is 29.7 Å². The van der Waals surface area contributed by atoms with Gasteiger partial charge in [-0.05, 0) is 54.5 Å². The van der Waals surface area contributed by atoms with Crippen LogP contribution < -0.4 is 5.46 Å². The molecule has 8 heteroatoms. The Labute approximate surface area is 160 Å². The van der Waals surface area contributed by atoms with Gasteiger partial charge < -0.3 is 18.9 Å². The number of hydrogen-bond donors (Lipinski definition) is 0. The van der Waals surface area contributed by atoms with Crippen LogP contribution in [0.15, 0.2) is 12.3 Å². The number of likely N-dealkylation sites (tertiary alicyclic amines) is 1. The van der Waals surface area contributed by atoms with Gasteiger partial charge in [0.25, 0.3) is 0 Å². The number of aromatic nitrogens is 1. The molecule has 0 unspecified atom stereocenters. The summed E-state index contributed by atoms with van der Waals surface area (Å²) in [6.07, 6.45) is 1.12. The summed E-state index contributed by atoms with van der Waals surface area (Å²) in [5, 5.41) is 0. The highest BCUT2D eigenvalue weighted by atomic mass is 19.1. The molecular formula is C19H28BFN2O4. The average molecular weight is 378 g/mol. The van der Waals surface area contributed by atoms with Crippen LogP contribution in [0.3, 0.4) is 0 Å². The van der Waals surface area contributed by atoms with Gasteiger partial charge in [-0.15, -0.1) is 0 Å². The van der Waals surface area contributed by atoms with Crippen LogP contribution in [-0.2, 0) is 14.0 Å². The van der Waals surface area contributed by atoms with E-state index in [-0.39, 0.29) is 12.0 Å². The summed E-state index contributed by atoms with van der Waals surface area (Å²) >= 11 is 0. The van der Waals surface area contributed by atoms with Crippen LogP contribution in [0, 0.1) is 5.82 Å². The van der Waals surface area contributed by atoms with Crippen LogP contribution in [-0.4, -0.2) is 53.0 Å². The number of ether oxygens (including phenoxy) is 1. The van der Waals surface area contributed by atoms with Crippen molar-refractivity contribution in [2.75, 3.05) is 13.1 Å². The van der Waals surface area contributed by atoms with E-state index in [1.165, 1.54) is 12.3 Å². The quantitative estimate of drug-likeness (QED) is 0.741. The van der Waals surface area contributed by atoms with Crippen molar-refractivity contribution in [3.8, 4) is 0 Å². The molecule has 3 heterocycles. The number of carbonyl (C=O) groups is 1. The van der Waals surface area contributed by atoms with Crippen molar-refractivity contribution in [3.63, 3.8) is 0 Å². The first-order valence-electron chi connectivity index (χ1n) is 9.28.